The van der Waals surface area contributed by atoms with Gasteiger partial charge in [-0.2, -0.15) is 0 Å². The van der Waals surface area contributed by atoms with Gasteiger partial charge in [0.2, 0.25) is 0 Å². The van der Waals surface area contributed by atoms with E-state index in [1.54, 1.807) is 0 Å². The lowest BCUT2D eigenvalue weighted by atomic mass is 9.99. The number of aryl methyl sites for hydroxylation is 1. The van der Waals surface area contributed by atoms with Crippen molar-refractivity contribution in [1.29, 1.82) is 0 Å². The number of fused-ring (bicyclic) bond motifs is 3. The molecule has 0 amide bonds. The molecule has 1 N–H and O–H groups in total. The van der Waals surface area contributed by atoms with E-state index in [2.05, 4.69) is 72.3 Å². The van der Waals surface area contributed by atoms with E-state index < -0.39 is 0 Å². The van der Waals surface area contributed by atoms with Crippen LogP contribution in [0.4, 0.5) is 0 Å². The highest BCUT2D eigenvalue weighted by atomic mass is 14.8. The van der Waals surface area contributed by atoms with Gasteiger partial charge >= 0.3 is 0 Å². The number of hydrogen-bond donors (Lipinski definition) is 1. The van der Waals surface area contributed by atoms with Crippen LogP contribution in [-0.4, -0.2) is 9.97 Å². The number of H-pyrrole nitrogens is 1. The second-order valence-electron chi connectivity index (χ2n) is 5.89. The maximum absolute atomic E-state index is 4.64. The van der Waals surface area contributed by atoms with E-state index >= 15 is 0 Å². The predicted octanol–water partition coefficient (Wildman–Crippen LogP) is 4.92. The fourth-order valence-electron chi connectivity index (χ4n) is 3.15. The van der Waals surface area contributed by atoms with E-state index in [9.17, 15) is 0 Å². The fourth-order valence-corrected chi connectivity index (χ4v) is 3.15. The molecular formula is C20H18N2. The Morgan fingerprint density at radius 1 is 0.909 bits per heavy atom. The van der Waals surface area contributed by atoms with Crippen LogP contribution in [0.15, 0.2) is 54.7 Å². The molecule has 4 rings (SSSR count). The lowest BCUT2D eigenvalue weighted by molar-refractivity contribution is 1.07. The smallest absolute Gasteiger partial charge is 0.0688 e. The Hall–Kier alpha value is -2.61. The van der Waals surface area contributed by atoms with Crippen LogP contribution < -0.4 is 0 Å². The Balaban J connectivity index is 1.90. The van der Waals surface area contributed by atoms with Gasteiger partial charge in [-0.25, -0.2) is 0 Å². The molecule has 22 heavy (non-hydrogen) atoms. The third kappa shape index (κ3) is 2.00. The molecule has 0 aliphatic rings. The minimum absolute atomic E-state index is 0.859. The first-order chi connectivity index (χ1) is 10.7. The van der Waals surface area contributed by atoms with Gasteiger partial charge in [0.25, 0.3) is 0 Å². The van der Waals surface area contributed by atoms with Crippen LogP contribution in [0.2, 0.25) is 0 Å². The summed E-state index contributed by atoms with van der Waals surface area (Å²) in [6, 6.07) is 17.0. The van der Waals surface area contributed by atoms with E-state index in [-0.39, 0.29) is 0 Å². The number of benzene rings is 2. The number of aromatic nitrogens is 2. The first-order valence-electron chi connectivity index (χ1n) is 7.63. The van der Waals surface area contributed by atoms with Crippen molar-refractivity contribution in [3.63, 3.8) is 0 Å². The molecule has 0 bridgehead atoms. The van der Waals surface area contributed by atoms with Crippen molar-refractivity contribution in [2.45, 2.75) is 20.3 Å². The number of para-hydroxylation sites is 1. The number of pyridine rings is 1. The summed E-state index contributed by atoms with van der Waals surface area (Å²) in [4.78, 5) is 8.18. The minimum atomic E-state index is 0.859. The average Bonchev–Trinajstić information content (AvgIpc) is 2.92. The van der Waals surface area contributed by atoms with E-state index in [0.29, 0.717) is 0 Å². The van der Waals surface area contributed by atoms with Crippen molar-refractivity contribution >= 4 is 21.8 Å². The van der Waals surface area contributed by atoms with Crippen molar-refractivity contribution in [3.05, 3.63) is 77.1 Å². The molecular weight excluding hydrogens is 268 g/mol. The van der Waals surface area contributed by atoms with Crippen molar-refractivity contribution in [2.24, 2.45) is 0 Å². The summed E-state index contributed by atoms with van der Waals surface area (Å²) in [6.07, 6.45) is 2.78. The fraction of sp³-hybridized carbons (Fsp3) is 0.150. The zero-order valence-corrected chi connectivity index (χ0v) is 12.9. The van der Waals surface area contributed by atoms with Crippen LogP contribution in [0.5, 0.6) is 0 Å². The largest absolute Gasteiger partial charge is 0.353 e. The SMILES string of the molecule is Cc1cccc(Cc2nccc3c2[nH]c2ccccc23)c1C. The highest BCUT2D eigenvalue weighted by Gasteiger charge is 2.10. The van der Waals surface area contributed by atoms with Crippen LogP contribution in [0, 0.1) is 13.8 Å². The summed E-state index contributed by atoms with van der Waals surface area (Å²) in [7, 11) is 0. The van der Waals surface area contributed by atoms with Gasteiger partial charge in [-0.3, -0.25) is 4.98 Å². The molecule has 0 spiro atoms. The molecule has 2 aromatic heterocycles. The Kier molecular flexibility index (Phi) is 2.97. The summed E-state index contributed by atoms with van der Waals surface area (Å²) in [6.45, 7) is 4.35. The number of nitrogens with zero attached hydrogens (tertiary/aromatic N) is 1. The predicted molar refractivity (Wildman–Crippen MR) is 92.3 cm³/mol. The minimum Gasteiger partial charge on any atom is -0.353 e. The average molecular weight is 286 g/mol. The molecule has 0 aliphatic carbocycles. The molecule has 0 aliphatic heterocycles. The number of nitrogens with one attached hydrogen (secondary N) is 1. The van der Waals surface area contributed by atoms with Gasteiger partial charge in [-0.15, -0.1) is 0 Å². The van der Waals surface area contributed by atoms with Gasteiger partial charge in [0.1, 0.15) is 0 Å². The lowest BCUT2D eigenvalue weighted by Gasteiger charge is -2.08. The highest BCUT2D eigenvalue weighted by Crippen LogP contribution is 2.28. The topological polar surface area (TPSA) is 28.7 Å². The van der Waals surface area contributed by atoms with Crippen LogP contribution in [0.25, 0.3) is 21.8 Å². The van der Waals surface area contributed by atoms with Gasteiger partial charge in [-0.05, 0) is 42.7 Å². The van der Waals surface area contributed by atoms with Crippen LogP contribution in [0.1, 0.15) is 22.4 Å². The summed E-state index contributed by atoms with van der Waals surface area (Å²) in [5, 5.41) is 2.52. The number of hydrogen-bond acceptors (Lipinski definition) is 1. The Bertz CT molecular complexity index is 980. The van der Waals surface area contributed by atoms with Gasteiger partial charge < -0.3 is 4.98 Å². The Morgan fingerprint density at radius 2 is 1.77 bits per heavy atom. The zero-order valence-electron chi connectivity index (χ0n) is 12.9. The highest BCUT2D eigenvalue weighted by molar-refractivity contribution is 6.07. The quantitative estimate of drug-likeness (QED) is 0.556. The third-order valence-corrected chi connectivity index (χ3v) is 4.58. The summed E-state index contributed by atoms with van der Waals surface area (Å²) < 4.78 is 0. The number of rotatable bonds is 2. The van der Waals surface area contributed by atoms with E-state index in [1.165, 1.54) is 33.0 Å². The Labute approximate surface area is 129 Å². The van der Waals surface area contributed by atoms with E-state index in [4.69, 9.17) is 0 Å². The summed E-state index contributed by atoms with van der Waals surface area (Å²) >= 11 is 0. The zero-order chi connectivity index (χ0) is 15.1. The maximum atomic E-state index is 4.64. The molecule has 2 heteroatoms. The molecule has 2 aromatic carbocycles. The molecule has 2 heterocycles. The summed E-state index contributed by atoms with van der Waals surface area (Å²) in [5.74, 6) is 0. The second-order valence-corrected chi connectivity index (χ2v) is 5.89. The molecule has 4 aromatic rings. The maximum Gasteiger partial charge on any atom is 0.0688 e. The third-order valence-electron chi connectivity index (χ3n) is 4.58. The van der Waals surface area contributed by atoms with E-state index in [1.807, 2.05) is 6.20 Å². The van der Waals surface area contributed by atoms with Crippen molar-refractivity contribution in [3.8, 4) is 0 Å². The van der Waals surface area contributed by atoms with Gasteiger partial charge in [0.05, 0.1) is 11.2 Å². The summed E-state index contributed by atoms with van der Waals surface area (Å²) in [5.41, 5.74) is 7.48. The normalized spacial score (nSPS) is 11.4. The molecule has 0 unspecified atom stereocenters. The van der Waals surface area contributed by atoms with Crippen LogP contribution >= 0.6 is 0 Å². The number of aromatic amines is 1. The molecule has 0 radical (unpaired) electrons. The molecule has 0 fully saturated rings. The van der Waals surface area contributed by atoms with Crippen LogP contribution in [-0.2, 0) is 6.42 Å². The first kappa shape index (κ1) is 13.1. The second kappa shape index (κ2) is 4.99. The van der Waals surface area contributed by atoms with Crippen LogP contribution in [0.3, 0.4) is 0 Å². The van der Waals surface area contributed by atoms with Crippen molar-refractivity contribution < 1.29 is 0 Å². The molecule has 2 nitrogen and oxygen atoms in total. The van der Waals surface area contributed by atoms with Gasteiger partial charge in [-0.1, -0.05) is 36.4 Å². The van der Waals surface area contributed by atoms with Crippen molar-refractivity contribution in [2.75, 3.05) is 0 Å². The molecule has 0 atom stereocenters. The molecule has 0 saturated carbocycles. The molecule has 108 valence electrons. The van der Waals surface area contributed by atoms with E-state index in [0.717, 1.165) is 17.6 Å². The monoisotopic (exact) mass is 286 g/mol. The molecule has 0 saturated heterocycles. The first-order valence-corrected chi connectivity index (χ1v) is 7.63. The standard InChI is InChI=1S/C20H18N2/c1-13-6-5-7-15(14(13)2)12-19-20-17(10-11-21-19)16-8-3-4-9-18(16)22-20/h3-11,22H,12H2,1-2H3. The van der Waals surface area contributed by atoms with Gasteiger partial charge in [0.15, 0.2) is 0 Å². The van der Waals surface area contributed by atoms with Gasteiger partial charge in [0, 0.05) is 28.9 Å². The van der Waals surface area contributed by atoms with Crippen molar-refractivity contribution in [1.82, 2.24) is 9.97 Å². The Morgan fingerprint density at radius 3 is 2.68 bits per heavy atom. The lowest BCUT2D eigenvalue weighted by Crippen LogP contribution is -1.97.